The van der Waals surface area contributed by atoms with E-state index in [9.17, 15) is 0 Å². The minimum Gasteiger partial charge on any atom is -0.310 e. The highest BCUT2D eigenvalue weighted by Gasteiger charge is 2.45. The highest BCUT2D eigenvalue weighted by molar-refractivity contribution is 6.10. The maximum Gasteiger partial charge on any atom is 0.0701 e. The summed E-state index contributed by atoms with van der Waals surface area (Å²) in [7, 11) is 0. The van der Waals surface area contributed by atoms with E-state index in [-0.39, 0.29) is 5.41 Å². The Hall–Kier alpha value is -8.20. The minimum atomic E-state index is -0.492. The van der Waals surface area contributed by atoms with Crippen molar-refractivity contribution in [3.05, 3.63) is 288 Å². The summed E-state index contributed by atoms with van der Waals surface area (Å²) in [4.78, 5) is 2.49. The maximum absolute atomic E-state index is 2.53. The van der Waals surface area contributed by atoms with E-state index in [0.717, 1.165) is 17.1 Å². The predicted octanol–water partition coefficient (Wildman–Crippen LogP) is 17.1. The number of aromatic nitrogens is 1. The second-order valence-corrected chi connectivity index (χ2v) is 18.8. The molecule has 1 aromatic heterocycles. The Labute approximate surface area is 399 Å². The van der Waals surface area contributed by atoms with Gasteiger partial charge in [0, 0.05) is 38.9 Å². The summed E-state index contributed by atoms with van der Waals surface area (Å²) in [5.41, 5.74) is 19.7. The van der Waals surface area contributed by atoms with Crippen LogP contribution in [0.4, 0.5) is 17.1 Å². The summed E-state index contributed by atoms with van der Waals surface area (Å²) in [6.45, 7) is 0. The van der Waals surface area contributed by atoms with Gasteiger partial charge < -0.3 is 9.47 Å². The lowest BCUT2D eigenvalue weighted by Crippen LogP contribution is -2.30. The van der Waals surface area contributed by atoms with Crippen LogP contribution < -0.4 is 4.90 Å². The average molecular weight is 871 g/mol. The van der Waals surface area contributed by atoms with Crippen LogP contribution in [0.3, 0.4) is 0 Å². The van der Waals surface area contributed by atoms with Gasteiger partial charge in [0.05, 0.1) is 16.4 Å². The number of benzene rings is 10. The number of hydrogen-bond donors (Lipinski definition) is 0. The summed E-state index contributed by atoms with van der Waals surface area (Å²) in [5, 5.41) is 2.50. The van der Waals surface area contributed by atoms with Gasteiger partial charge in [-0.2, -0.15) is 0 Å². The van der Waals surface area contributed by atoms with E-state index in [4.69, 9.17) is 0 Å². The molecule has 2 nitrogen and oxygen atoms in total. The molecule has 11 aromatic rings. The van der Waals surface area contributed by atoms with Crippen LogP contribution in [0, 0.1) is 0 Å². The zero-order chi connectivity index (χ0) is 45.1. The van der Waals surface area contributed by atoms with Gasteiger partial charge in [0.1, 0.15) is 0 Å². The predicted molar refractivity (Wildman–Crippen MR) is 284 cm³/mol. The highest BCUT2D eigenvalue weighted by Crippen LogP contribution is 2.58. The number of para-hydroxylation sites is 2. The molecule has 0 bridgehead atoms. The molecule has 1 heterocycles. The van der Waals surface area contributed by atoms with Gasteiger partial charge in [-0.3, -0.25) is 0 Å². The monoisotopic (exact) mass is 870 g/mol. The molecule has 1 fully saturated rings. The first-order valence-corrected chi connectivity index (χ1v) is 24.2. The number of hydrogen-bond acceptors (Lipinski definition) is 1. The van der Waals surface area contributed by atoms with Crippen LogP contribution in [-0.4, -0.2) is 4.57 Å². The zero-order valence-electron chi connectivity index (χ0n) is 38.0. The molecule has 0 radical (unpaired) electrons. The lowest BCUT2D eigenvalue weighted by Gasteiger charge is -2.37. The molecule has 324 valence electrons. The lowest BCUT2D eigenvalue weighted by atomic mass is 9.65. The van der Waals surface area contributed by atoms with Gasteiger partial charge in [-0.05, 0) is 123 Å². The van der Waals surface area contributed by atoms with E-state index in [2.05, 4.69) is 264 Å². The maximum atomic E-state index is 2.53. The molecular weight excluding hydrogens is 821 g/mol. The lowest BCUT2D eigenvalue weighted by molar-refractivity contribution is 0.550. The van der Waals surface area contributed by atoms with E-state index >= 15 is 0 Å². The molecule has 0 saturated heterocycles. The van der Waals surface area contributed by atoms with Gasteiger partial charge in [-0.1, -0.05) is 213 Å². The van der Waals surface area contributed by atoms with Crippen LogP contribution in [0.25, 0.3) is 49.7 Å². The molecule has 0 aliphatic heterocycles. The molecule has 10 aromatic carbocycles. The SMILES string of the molecule is c1ccc(-n2c3ccccc3c3ccc(N(c4ccc(-c5ccc(C(c6ccccc6)(c6ccccc6)c6ccccc6)cc5)cc4)c4ccc5c(c4)C4(CCCC4)c4ccccc4-5)cc32)cc1. The van der Waals surface area contributed by atoms with E-state index in [0.29, 0.717) is 0 Å². The first-order chi connectivity index (χ1) is 33.7. The molecule has 0 unspecified atom stereocenters. The first kappa shape index (κ1) is 40.1. The molecule has 2 heteroatoms. The van der Waals surface area contributed by atoms with Crippen molar-refractivity contribution in [2.45, 2.75) is 36.5 Å². The Balaban J connectivity index is 0.947. The van der Waals surface area contributed by atoms with Gasteiger partial charge >= 0.3 is 0 Å². The Kier molecular flexibility index (Phi) is 9.61. The van der Waals surface area contributed by atoms with Crippen molar-refractivity contribution < 1.29 is 0 Å². The largest absolute Gasteiger partial charge is 0.310 e. The topological polar surface area (TPSA) is 8.17 Å². The van der Waals surface area contributed by atoms with Crippen molar-refractivity contribution in [3.63, 3.8) is 0 Å². The Morgan fingerprint density at radius 2 is 0.824 bits per heavy atom. The van der Waals surface area contributed by atoms with E-state index in [1.54, 1.807) is 0 Å². The van der Waals surface area contributed by atoms with Gasteiger partial charge in [-0.25, -0.2) is 0 Å². The van der Waals surface area contributed by atoms with Crippen molar-refractivity contribution in [1.29, 1.82) is 0 Å². The Morgan fingerprint density at radius 3 is 1.47 bits per heavy atom. The molecule has 2 aliphatic carbocycles. The third kappa shape index (κ3) is 6.25. The van der Waals surface area contributed by atoms with E-state index in [1.165, 1.54) is 109 Å². The molecule has 1 spiro atoms. The van der Waals surface area contributed by atoms with E-state index in [1.807, 2.05) is 0 Å². The number of fused-ring (bicyclic) bond motifs is 8. The zero-order valence-corrected chi connectivity index (χ0v) is 38.0. The van der Waals surface area contributed by atoms with Crippen LogP contribution in [-0.2, 0) is 10.8 Å². The third-order valence-corrected chi connectivity index (χ3v) is 15.3. The van der Waals surface area contributed by atoms with Crippen molar-refractivity contribution in [1.82, 2.24) is 4.57 Å². The number of rotatable bonds is 9. The molecule has 0 N–H and O–H groups in total. The summed E-state index contributed by atoms with van der Waals surface area (Å²) in [6, 6.07) is 94.5. The first-order valence-electron chi connectivity index (χ1n) is 24.2. The Morgan fingerprint density at radius 1 is 0.353 bits per heavy atom. The fourth-order valence-electron chi connectivity index (χ4n) is 12.3. The quantitative estimate of drug-likeness (QED) is 0.131. The van der Waals surface area contributed by atoms with Crippen LogP contribution in [0.5, 0.6) is 0 Å². The van der Waals surface area contributed by atoms with Gasteiger partial charge in [0.15, 0.2) is 0 Å². The van der Waals surface area contributed by atoms with Gasteiger partial charge in [0.2, 0.25) is 0 Å². The van der Waals surface area contributed by atoms with Crippen LogP contribution in [0.2, 0.25) is 0 Å². The van der Waals surface area contributed by atoms with E-state index < -0.39 is 5.41 Å². The molecule has 2 aliphatic rings. The molecular formula is C66H50N2. The number of anilines is 3. The normalized spacial score (nSPS) is 13.8. The van der Waals surface area contributed by atoms with Crippen molar-refractivity contribution in [2.75, 3.05) is 4.90 Å². The molecule has 0 amide bonds. The van der Waals surface area contributed by atoms with Crippen molar-refractivity contribution >= 4 is 38.9 Å². The molecule has 0 atom stereocenters. The van der Waals surface area contributed by atoms with Crippen LogP contribution in [0.1, 0.15) is 59.1 Å². The second-order valence-electron chi connectivity index (χ2n) is 18.8. The number of nitrogens with zero attached hydrogens (tertiary/aromatic N) is 2. The summed E-state index contributed by atoms with van der Waals surface area (Å²) >= 11 is 0. The smallest absolute Gasteiger partial charge is 0.0701 e. The van der Waals surface area contributed by atoms with Crippen LogP contribution >= 0.6 is 0 Å². The van der Waals surface area contributed by atoms with Gasteiger partial charge in [-0.15, -0.1) is 0 Å². The summed E-state index contributed by atoms with van der Waals surface area (Å²) in [6.07, 6.45) is 4.91. The van der Waals surface area contributed by atoms with Crippen molar-refractivity contribution in [2.24, 2.45) is 0 Å². The van der Waals surface area contributed by atoms with Crippen LogP contribution in [0.15, 0.2) is 255 Å². The summed E-state index contributed by atoms with van der Waals surface area (Å²) < 4.78 is 2.42. The highest BCUT2D eigenvalue weighted by atomic mass is 15.1. The second kappa shape index (κ2) is 16.3. The molecule has 1 saturated carbocycles. The average Bonchev–Trinajstić information content (AvgIpc) is 4.12. The van der Waals surface area contributed by atoms with Crippen molar-refractivity contribution in [3.8, 4) is 27.9 Å². The summed E-state index contributed by atoms with van der Waals surface area (Å²) in [5.74, 6) is 0. The minimum absolute atomic E-state index is 0.0619. The third-order valence-electron chi connectivity index (χ3n) is 15.3. The standard InChI is InChI=1S/C66H50N2/c1-5-19-49(20-6-1)66(50-21-7-2-8-22-50,51-23-9-3-10-24-51)52-35-31-47(32-36-52)48-33-37-54(38-34-48)67(55-39-41-58-57-27-13-15-29-61(57)65(62(58)45-55)43-17-18-44-65)56-40-42-60-59-28-14-16-30-63(59)68(64(60)46-56)53-25-11-4-12-26-53/h1-16,19-42,45-46H,17-18,43-44H2. The molecule has 68 heavy (non-hydrogen) atoms. The fourth-order valence-corrected chi connectivity index (χ4v) is 12.3. The molecule has 13 rings (SSSR count). The Bertz CT molecular complexity index is 3490. The van der Waals surface area contributed by atoms with Gasteiger partial charge in [0.25, 0.3) is 0 Å². The fraction of sp³-hybridized carbons (Fsp3) is 0.0909.